The van der Waals surface area contributed by atoms with E-state index in [1.807, 2.05) is 43.3 Å². The standard InChI is InChI=1S/C17H16N4O2S/c1-3-23-15-9-8-12-6-4-5-7-13(12)14(15)10-18-21-16(22)11(2)19-20-17(21)24/h4-10H,3H2,1-2H3,(H,20,24)/b18-10-. The molecule has 122 valence electrons. The van der Waals surface area contributed by atoms with Crippen LogP contribution in [0.1, 0.15) is 18.2 Å². The van der Waals surface area contributed by atoms with E-state index in [1.165, 1.54) is 0 Å². The average Bonchev–Trinajstić information content (AvgIpc) is 2.59. The van der Waals surface area contributed by atoms with Gasteiger partial charge in [0.2, 0.25) is 4.77 Å². The molecule has 0 unspecified atom stereocenters. The van der Waals surface area contributed by atoms with E-state index in [1.54, 1.807) is 13.1 Å². The minimum atomic E-state index is -0.354. The molecular formula is C17H16N4O2S. The molecule has 0 radical (unpaired) electrons. The third-order valence-electron chi connectivity index (χ3n) is 3.55. The second-order valence-electron chi connectivity index (χ2n) is 5.11. The van der Waals surface area contributed by atoms with Gasteiger partial charge in [-0.15, -0.1) is 0 Å². The van der Waals surface area contributed by atoms with E-state index in [-0.39, 0.29) is 10.3 Å². The van der Waals surface area contributed by atoms with E-state index >= 15 is 0 Å². The molecule has 1 aromatic heterocycles. The first-order valence-corrected chi connectivity index (χ1v) is 7.90. The fourth-order valence-electron chi connectivity index (χ4n) is 2.38. The van der Waals surface area contributed by atoms with Gasteiger partial charge in [0.05, 0.1) is 12.8 Å². The minimum Gasteiger partial charge on any atom is -0.493 e. The van der Waals surface area contributed by atoms with Gasteiger partial charge in [0, 0.05) is 5.56 Å². The summed E-state index contributed by atoms with van der Waals surface area (Å²) in [5, 5.41) is 12.7. The monoisotopic (exact) mass is 340 g/mol. The van der Waals surface area contributed by atoms with Gasteiger partial charge in [0.25, 0.3) is 5.56 Å². The van der Waals surface area contributed by atoms with Crippen molar-refractivity contribution < 1.29 is 4.74 Å². The fourth-order valence-corrected chi connectivity index (χ4v) is 2.56. The lowest BCUT2D eigenvalue weighted by atomic mass is 10.0. The number of fused-ring (bicyclic) bond motifs is 1. The molecule has 7 heteroatoms. The predicted molar refractivity (Wildman–Crippen MR) is 96.5 cm³/mol. The van der Waals surface area contributed by atoms with Crippen LogP contribution in [0.5, 0.6) is 5.75 Å². The van der Waals surface area contributed by atoms with Crippen LogP contribution in [0.4, 0.5) is 0 Å². The van der Waals surface area contributed by atoms with Crippen molar-refractivity contribution >= 4 is 29.2 Å². The van der Waals surface area contributed by atoms with Gasteiger partial charge in [-0.1, -0.05) is 30.3 Å². The van der Waals surface area contributed by atoms with Gasteiger partial charge in [-0.3, -0.25) is 9.89 Å². The van der Waals surface area contributed by atoms with Crippen LogP contribution >= 0.6 is 12.2 Å². The van der Waals surface area contributed by atoms with Crippen molar-refractivity contribution in [2.75, 3.05) is 6.61 Å². The number of aryl methyl sites for hydroxylation is 1. The first-order chi connectivity index (χ1) is 11.6. The van der Waals surface area contributed by atoms with Crippen LogP contribution in [0.15, 0.2) is 46.3 Å². The highest BCUT2D eigenvalue weighted by Gasteiger charge is 2.07. The first-order valence-electron chi connectivity index (χ1n) is 7.49. The quantitative estimate of drug-likeness (QED) is 0.585. The van der Waals surface area contributed by atoms with Crippen molar-refractivity contribution in [1.29, 1.82) is 0 Å². The Bertz CT molecular complexity index is 1040. The third-order valence-corrected chi connectivity index (χ3v) is 3.81. The largest absolute Gasteiger partial charge is 0.493 e. The maximum atomic E-state index is 12.2. The SMILES string of the molecule is CCOc1ccc2ccccc2c1/C=N\n1c(=S)[nH]nc(C)c1=O. The number of benzene rings is 2. The van der Waals surface area contributed by atoms with Crippen LogP contribution in [0, 0.1) is 11.7 Å². The molecule has 1 heterocycles. The number of H-pyrrole nitrogens is 1. The molecule has 0 aliphatic heterocycles. The molecule has 0 bridgehead atoms. The van der Waals surface area contributed by atoms with Gasteiger partial charge in [-0.2, -0.15) is 14.9 Å². The molecule has 0 saturated carbocycles. The molecular weight excluding hydrogens is 324 g/mol. The normalized spacial score (nSPS) is 11.2. The topological polar surface area (TPSA) is 72.3 Å². The number of ether oxygens (including phenoxy) is 1. The Labute approximate surface area is 143 Å². The molecule has 24 heavy (non-hydrogen) atoms. The number of rotatable bonds is 4. The molecule has 0 aliphatic rings. The van der Waals surface area contributed by atoms with Crippen LogP contribution < -0.4 is 10.3 Å². The lowest BCUT2D eigenvalue weighted by Gasteiger charge is -2.10. The van der Waals surface area contributed by atoms with Crippen LogP contribution in [0.3, 0.4) is 0 Å². The highest BCUT2D eigenvalue weighted by molar-refractivity contribution is 7.71. The summed E-state index contributed by atoms with van der Waals surface area (Å²) in [7, 11) is 0. The van der Waals surface area contributed by atoms with Crippen LogP contribution in [0.25, 0.3) is 10.8 Å². The van der Waals surface area contributed by atoms with Crippen LogP contribution in [0.2, 0.25) is 0 Å². The lowest BCUT2D eigenvalue weighted by molar-refractivity contribution is 0.340. The molecule has 0 atom stereocenters. The van der Waals surface area contributed by atoms with Crippen LogP contribution in [-0.4, -0.2) is 27.7 Å². The van der Waals surface area contributed by atoms with Gasteiger partial charge in [0.15, 0.2) is 0 Å². The minimum absolute atomic E-state index is 0.139. The number of nitrogens with one attached hydrogen (secondary N) is 1. The van der Waals surface area contributed by atoms with Gasteiger partial charge < -0.3 is 4.74 Å². The maximum absolute atomic E-state index is 12.2. The highest BCUT2D eigenvalue weighted by atomic mass is 32.1. The number of aromatic amines is 1. The number of hydrogen-bond donors (Lipinski definition) is 1. The number of nitrogens with zero attached hydrogens (tertiary/aromatic N) is 3. The Morgan fingerprint density at radius 1 is 1.33 bits per heavy atom. The maximum Gasteiger partial charge on any atom is 0.296 e. The lowest BCUT2D eigenvalue weighted by Crippen LogP contribution is -2.22. The summed E-state index contributed by atoms with van der Waals surface area (Å²) < 4.78 is 6.95. The second-order valence-corrected chi connectivity index (χ2v) is 5.49. The molecule has 0 saturated heterocycles. The molecule has 0 spiro atoms. The first kappa shape index (κ1) is 16.1. The molecule has 2 aromatic carbocycles. The van der Waals surface area contributed by atoms with Crippen molar-refractivity contribution in [2.45, 2.75) is 13.8 Å². The van der Waals surface area contributed by atoms with E-state index in [9.17, 15) is 4.79 Å². The zero-order valence-corrected chi connectivity index (χ0v) is 14.1. The predicted octanol–water partition coefficient (Wildman–Crippen LogP) is 3.04. The summed E-state index contributed by atoms with van der Waals surface area (Å²) in [5.41, 5.74) is 0.739. The molecule has 0 aliphatic carbocycles. The smallest absolute Gasteiger partial charge is 0.296 e. The zero-order chi connectivity index (χ0) is 17.1. The molecule has 6 nitrogen and oxygen atoms in total. The highest BCUT2D eigenvalue weighted by Crippen LogP contribution is 2.26. The second kappa shape index (κ2) is 6.76. The van der Waals surface area contributed by atoms with E-state index in [2.05, 4.69) is 15.3 Å². The zero-order valence-electron chi connectivity index (χ0n) is 13.3. The molecule has 3 rings (SSSR count). The van der Waals surface area contributed by atoms with Gasteiger partial charge in [-0.25, -0.2) is 0 Å². The molecule has 3 aromatic rings. The summed E-state index contributed by atoms with van der Waals surface area (Å²) in [5.74, 6) is 0.702. The van der Waals surface area contributed by atoms with Crippen molar-refractivity contribution in [3.05, 3.63) is 62.8 Å². The van der Waals surface area contributed by atoms with Crippen LogP contribution in [-0.2, 0) is 0 Å². The van der Waals surface area contributed by atoms with E-state index < -0.39 is 0 Å². The van der Waals surface area contributed by atoms with E-state index in [0.717, 1.165) is 21.0 Å². The van der Waals surface area contributed by atoms with E-state index in [4.69, 9.17) is 17.0 Å². The van der Waals surface area contributed by atoms with Gasteiger partial charge in [0.1, 0.15) is 11.4 Å². The average molecular weight is 340 g/mol. The molecule has 1 N–H and O–H groups in total. The number of hydrogen-bond acceptors (Lipinski definition) is 5. The van der Waals surface area contributed by atoms with Gasteiger partial charge >= 0.3 is 0 Å². The van der Waals surface area contributed by atoms with Crippen molar-refractivity contribution in [3.8, 4) is 5.75 Å². The Kier molecular flexibility index (Phi) is 4.52. The Morgan fingerprint density at radius 2 is 2.12 bits per heavy atom. The molecule has 0 amide bonds. The fraction of sp³-hybridized carbons (Fsp3) is 0.176. The summed E-state index contributed by atoms with van der Waals surface area (Å²) in [6, 6.07) is 11.8. The van der Waals surface area contributed by atoms with Crippen molar-refractivity contribution in [1.82, 2.24) is 14.9 Å². The van der Waals surface area contributed by atoms with Crippen molar-refractivity contribution in [3.63, 3.8) is 0 Å². The Morgan fingerprint density at radius 3 is 2.92 bits per heavy atom. The van der Waals surface area contributed by atoms with E-state index in [0.29, 0.717) is 18.1 Å². The summed E-state index contributed by atoms with van der Waals surface area (Å²) in [6.07, 6.45) is 1.60. The summed E-state index contributed by atoms with van der Waals surface area (Å²) in [4.78, 5) is 12.2. The van der Waals surface area contributed by atoms with Crippen molar-refractivity contribution in [2.24, 2.45) is 5.10 Å². The Hall–Kier alpha value is -2.80. The third kappa shape index (κ3) is 2.98. The van der Waals surface area contributed by atoms with Gasteiger partial charge in [-0.05, 0) is 42.9 Å². The number of aromatic nitrogens is 3. The summed E-state index contributed by atoms with van der Waals surface area (Å²) >= 11 is 5.09. The molecule has 0 fully saturated rings. The summed E-state index contributed by atoms with van der Waals surface area (Å²) in [6.45, 7) is 4.06. The Balaban J connectivity index is 2.19.